The lowest BCUT2D eigenvalue weighted by atomic mass is 10.0. The van der Waals surface area contributed by atoms with Crippen LogP contribution in [0.3, 0.4) is 0 Å². The van der Waals surface area contributed by atoms with Crippen molar-refractivity contribution < 1.29 is 14.7 Å². The Balaban J connectivity index is 2.61. The highest BCUT2D eigenvalue weighted by Gasteiger charge is 2.15. The van der Waals surface area contributed by atoms with E-state index in [1.807, 2.05) is 6.07 Å². The molecule has 1 aromatic rings. The fourth-order valence-electron chi connectivity index (χ4n) is 1.94. The third-order valence-electron chi connectivity index (χ3n) is 3.18. The zero-order chi connectivity index (χ0) is 15.8. The molecule has 21 heavy (non-hydrogen) atoms. The number of nitrogens with zero attached hydrogens (tertiary/aromatic N) is 3. The maximum atomic E-state index is 12.0. The third kappa shape index (κ3) is 4.80. The summed E-state index contributed by atoms with van der Waals surface area (Å²) in [5, 5.41) is 17.6. The van der Waals surface area contributed by atoms with Crippen molar-refractivity contribution in [2.45, 2.75) is 12.8 Å². The van der Waals surface area contributed by atoms with Gasteiger partial charge in [-0.1, -0.05) is 18.2 Å². The van der Waals surface area contributed by atoms with Gasteiger partial charge in [-0.05, 0) is 18.1 Å². The standard InChI is InChI=1S/C15H19N3O3/c1-17(10-5-9-16)15(21)18(2)11-8-12-6-3-4-7-13(12)14(19)20/h3-4,6-7H,5,8,10-11H2,1-2H3,(H,19,20). The Morgan fingerprint density at radius 2 is 1.81 bits per heavy atom. The maximum Gasteiger partial charge on any atom is 0.335 e. The Hall–Kier alpha value is -2.55. The normalized spacial score (nSPS) is 9.76. The van der Waals surface area contributed by atoms with Gasteiger partial charge in [0.25, 0.3) is 0 Å². The van der Waals surface area contributed by atoms with E-state index < -0.39 is 5.97 Å². The van der Waals surface area contributed by atoms with Gasteiger partial charge in [-0.25, -0.2) is 9.59 Å². The Morgan fingerprint density at radius 3 is 2.43 bits per heavy atom. The molecule has 1 rings (SSSR count). The first kappa shape index (κ1) is 16.5. The molecule has 112 valence electrons. The molecule has 0 fully saturated rings. The summed E-state index contributed by atoms with van der Waals surface area (Å²) < 4.78 is 0. The number of hydrogen-bond acceptors (Lipinski definition) is 3. The Morgan fingerprint density at radius 1 is 1.19 bits per heavy atom. The van der Waals surface area contributed by atoms with Crippen LogP contribution in [0, 0.1) is 11.3 Å². The van der Waals surface area contributed by atoms with Crippen molar-refractivity contribution in [3.05, 3.63) is 35.4 Å². The first-order valence-corrected chi connectivity index (χ1v) is 6.61. The smallest absolute Gasteiger partial charge is 0.335 e. The number of rotatable bonds is 6. The van der Waals surface area contributed by atoms with Crippen molar-refractivity contribution in [3.8, 4) is 6.07 Å². The van der Waals surface area contributed by atoms with Crippen molar-refractivity contribution in [1.29, 1.82) is 5.26 Å². The SMILES string of the molecule is CN(CCC#N)C(=O)N(C)CCc1ccccc1C(=O)O. The quantitative estimate of drug-likeness (QED) is 0.865. The van der Waals surface area contributed by atoms with E-state index >= 15 is 0 Å². The van der Waals surface area contributed by atoms with Crippen LogP contribution >= 0.6 is 0 Å². The van der Waals surface area contributed by atoms with Gasteiger partial charge in [0.15, 0.2) is 0 Å². The van der Waals surface area contributed by atoms with Gasteiger partial charge < -0.3 is 14.9 Å². The van der Waals surface area contributed by atoms with Crippen LogP contribution in [0.1, 0.15) is 22.3 Å². The molecule has 0 heterocycles. The van der Waals surface area contributed by atoms with Crippen molar-refractivity contribution in [2.24, 2.45) is 0 Å². The van der Waals surface area contributed by atoms with Crippen molar-refractivity contribution in [2.75, 3.05) is 27.2 Å². The summed E-state index contributed by atoms with van der Waals surface area (Å²) in [6, 6.07) is 8.57. The molecular formula is C15H19N3O3. The topological polar surface area (TPSA) is 84.6 Å². The number of likely N-dealkylation sites (N-methyl/N-ethyl adjacent to an activating group) is 1. The third-order valence-corrected chi connectivity index (χ3v) is 3.18. The van der Waals surface area contributed by atoms with E-state index in [1.54, 1.807) is 38.4 Å². The van der Waals surface area contributed by atoms with E-state index in [9.17, 15) is 9.59 Å². The van der Waals surface area contributed by atoms with E-state index in [0.717, 1.165) is 0 Å². The van der Waals surface area contributed by atoms with E-state index in [4.69, 9.17) is 10.4 Å². The number of carbonyl (C=O) groups excluding carboxylic acids is 1. The van der Waals surface area contributed by atoms with E-state index in [2.05, 4.69) is 0 Å². The number of carboxylic acid groups (broad SMARTS) is 1. The van der Waals surface area contributed by atoms with Crippen molar-refractivity contribution in [1.82, 2.24) is 9.80 Å². The largest absolute Gasteiger partial charge is 0.478 e. The summed E-state index contributed by atoms with van der Waals surface area (Å²) in [6.45, 7) is 0.797. The highest BCUT2D eigenvalue weighted by atomic mass is 16.4. The second-order valence-electron chi connectivity index (χ2n) is 4.75. The lowest BCUT2D eigenvalue weighted by molar-refractivity contribution is 0.0695. The molecule has 2 amide bonds. The minimum atomic E-state index is -0.967. The molecule has 0 saturated carbocycles. The van der Waals surface area contributed by atoms with Crippen LogP contribution in [-0.2, 0) is 6.42 Å². The van der Waals surface area contributed by atoms with Gasteiger partial charge in [0.05, 0.1) is 18.1 Å². The molecule has 0 unspecified atom stereocenters. The highest BCUT2D eigenvalue weighted by Crippen LogP contribution is 2.10. The fraction of sp³-hybridized carbons (Fsp3) is 0.400. The van der Waals surface area contributed by atoms with Crippen molar-refractivity contribution in [3.63, 3.8) is 0 Å². The van der Waals surface area contributed by atoms with E-state index in [0.29, 0.717) is 25.1 Å². The van der Waals surface area contributed by atoms with Crippen LogP contribution in [0.15, 0.2) is 24.3 Å². The molecule has 1 N–H and O–H groups in total. The molecule has 0 atom stereocenters. The average molecular weight is 289 g/mol. The average Bonchev–Trinajstić information content (AvgIpc) is 2.49. The monoisotopic (exact) mass is 289 g/mol. The summed E-state index contributed by atoms with van der Waals surface area (Å²) in [6.07, 6.45) is 0.759. The molecule has 0 saturated heterocycles. The first-order valence-electron chi connectivity index (χ1n) is 6.61. The molecule has 6 heteroatoms. The molecule has 0 aliphatic carbocycles. The maximum absolute atomic E-state index is 12.0. The highest BCUT2D eigenvalue weighted by molar-refractivity contribution is 5.89. The minimum Gasteiger partial charge on any atom is -0.478 e. The molecule has 0 aromatic heterocycles. The summed E-state index contributed by atoms with van der Waals surface area (Å²) >= 11 is 0. The Bertz CT molecular complexity index is 551. The number of nitriles is 1. The molecule has 0 aliphatic rings. The van der Waals surface area contributed by atoms with Gasteiger partial charge in [0.1, 0.15) is 0 Å². The molecule has 0 bridgehead atoms. The number of aromatic carboxylic acids is 1. The second-order valence-corrected chi connectivity index (χ2v) is 4.75. The van der Waals surface area contributed by atoms with Crippen molar-refractivity contribution >= 4 is 12.0 Å². The molecule has 6 nitrogen and oxygen atoms in total. The van der Waals surface area contributed by atoms with Gasteiger partial charge in [0, 0.05) is 27.2 Å². The predicted octanol–water partition coefficient (Wildman–Crippen LogP) is 1.82. The first-order chi connectivity index (χ1) is 9.97. The number of hydrogen-bond donors (Lipinski definition) is 1. The Kier molecular flexibility index (Phi) is 6.21. The summed E-state index contributed by atoms with van der Waals surface area (Å²) in [7, 11) is 3.30. The van der Waals surface area contributed by atoms with Crippen LogP contribution in [-0.4, -0.2) is 54.1 Å². The van der Waals surface area contributed by atoms with Crippen LogP contribution < -0.4 is 0 Å². The van der Waals surface area contributed by atoms with Gasteiger partial charge >= 0.3 is 12.0 Å². The molecule has 0 aliphatic heterocycles. The van der Waals surface area contributed by atoms with Gasteiger partial charge in [-0.2, -0.15) is 5.26 Å². The number of carbonyl (C=O) groups is 2. The number of urea groups is 1. The van der Waals surface area contributed by atoms with Gasteiger partial charge in [-0.15, -0.1) is 0 Å². The lowest BCUT2D eigenvalue weighted by Crippen LogP contribution is -2.40. The zero-order valence-corrected chi connectivity index (χ0v) is 12.2. The summed E-state index contributed by atoms with van der Waals surface area (Å²) in [5.74, 6) is -0.967. The molecule has 0 radical (unpaired) electrons. The van der Waals surface area contributed by atoms with Crippen LogP contribution in [0.25, 0.3) is 0 Å². The predicted molar refractivity (Wildman–Crippen MR) is 78.0 cm³/mol. The zero-order valence-electron chi connectivity index (χ0n) is 12.2. The second kappa shape index (κ2) is 7.90. The number of benzene rings is 1. The fourth-order valence-corrected chi connectivity index (χ4v) is 1.94. The summed E-state index contributed by atoms with van der Waals surface area (Å²) in [4.78, 5) is 26.1. The lowest BCUT2D eigenvalue weighted by Gasteiger charge is -2.24. The van der Waals surface area contributed by atoms with Gasteiger partial charge in [0.2, 0.25) is 0 Å². The Labute approximate surface area is 124 Å². The van der Waals surface area contributed by atoms with Crippen LogP contribution in [0.2, 0.25) is 0 Å². The van der Waals surface area contributed by atoms with E-state index in [-0.39, 0.29) is 18.0 Å². The molecular weight excluding hydrogens is 270 g/mol. The van der Waals surface area contributed by atoms with E-state index in [1.165, 1.54) is 9.80 Å². The van der Waals surface area contributed by atoms with Gasteiger partial charge in [-0.3, -0.25) is 0 Å². The number of amides is 2. The number of carboxylic acids is 1. The summed E-state index contributed by atoms with van der Waals surface area (Å²) in [5.41, 5.74) is 0.959. The minimum absolute atomic E-state index is 0.182. The van der Waals surface area contributed by atoms with Crippen LogP contribution in [0.4, 0.5) is 4.79 Å². The molecule has 1 aromatic carbocycles. The van der Waals surface area contributed by atoms with Crippen LogP contribution in [0.5, 0.6) is 0 Å². The molecule has 0 spiro atoms.